The zero-order chi connectivity index (χ0) is 14.0. The minimum atomic E-state index is -0.440. The van der Waals surface area contributed by atoms with Crippen LogP contribution in [-0.4, -0.2) is 29.6 Å². The lowest BCUT2D eigenvalue weighted by atomic mass is 9.92. The van der Waals surface area contributed by atoms with Crippen molar-refractivity contribution in [3.8, 4) is 0 Å². The lowest BCUT2D eigenvalue weighted by Gasteiger charge is -2.24. The molecule has 4 nitrogen and oxygen atoms in total. The molecule has 0 bridgehead atoms. The first-order valence-corrected chi connectivity index (χ1v) is 6.73. The predicted molar refractivity (Wildman–Crippen MR) is 73.9 cm³/mol. The summed E-state index contributed by atoms with van der Waals surface area (Å²) in [4.78, 5) is 16.7. The van der Waals surface area contributed by atoms with Gasteiger partial charge in [-0.3, -0.25) is 9.78 Å². The first-order valence-electron chi connectivity index (χ1n) is 6.73. The zero-order valence-corrected chi connectivity index (χ0v) is 12.1. The second-order valence-electron chi connectivity index (χ2n) is 6.17. The molecule has 0 amide bonds. The highest BCUT2D eigenvalue weighted by Gasteiger charge is 2.37. The highest BCUT2D eigenvalue weighted by molar-refractivity contribution is 5.75. The first kappa shape index (κ1) is 14.0. The molecule has 1 fully saturated rings. The largest absolute Gasteiger partial charge is 0.460 e. The lowest BCUT2D eigenvalue weighted by molar-refractivity contribution is -0.159. The van der Waals surface area contributed by atoms with E-state index in [9.17, 15) is 4.79 Å². The second kappa shape index (κ2) is 5.29. The molecule has 2 heterocycles. The van der Waals surface area contributed by atoms with Crippen molar-refractivity contribution in [1.82, 2.24) is 10.3 Å². The van der Waals surface area contributed by atoms with Gasteiger partial charge in [0.15, 0.2) is 0 Å². The van der Waals surface area contributed by atoms with Gasteiger partial charge >= 0.3 is 5.97 Å². The minimum absolute atomic E-state index is 0.107. The van der Waals surface area contributed by atoms with E-state index in [0.29, 0.717) is 6.54 Å². The van der Waals surface area contributed by atoms with Crippen molar-refractivity contribution in [1.29, 1.82) is 0 Å². The molecule has 1 aromatic rings. The maximum atomic E-state index is 12.2. The summed E-state index contributed by atoms with van der Waals surface area (Å²) in [5, 5.41) is 3.26. The quantitative estimate of drug-likeness (QED) is 0.829. The number of esters is 1. The van der Waals surface area contributed by atoms with Crippen molar-refractivity contribution < 1.29 is 9.53 Å². The number of aryl methyl sites for hydroxylation is 1. The van der Waals surface area contributed by atoms with Crippen LogP contribution < -0.4 is 5.32 Å². The van der Waals surface area contributed by atoms with E-state index in [-0.39, 0.29) is 17.8 Å². The molecule has 2 unspecified atom stereocenters. The van der Waals surface area contributed by atoms with Gasteiger partial charge in [0.05, 0.1) is 5.92 Å². The van der Waals surface area contributed by atoms with E-state index in [2.05, 4.69) is 10.3 Å². The van der Waals surface area contributed by atoms with E-state index in [1.165, 1.54) is 0 Å². The molecule has 1 saturated heterocycles. The van der Waals surface area contributed by atoms with Gasteiger partial charge in [-0.1, -0.05) is 6.07 Å². The van der Waals surface area contributed by atoms with Gasteiger partial charge < -0.3 is 10.1 Å². The highest BCUT2D eigenvalue weighted by Crippen LogP contribution is 2.29. The third kappa shape index (κ3) is 3.53. The van der Waals surface area contributed by atoms with E-state index >= 15 is 0 Å². The van der Waals surface area contributed by atoms with Gasteiger partial charge in [0.1, 0.15) is 5.60 Å². The van der Waals surface area contributed by atoms with Crippen molar-refractivity contribution in [2.75, 3.05) is 13.1 Å². The third-order valence-corrected chi connectivity index (χ3v) is 3.24. The topological polar surface area (TPSA) is 51.2 Å². The number of carbonyl (C=O) groups excluding carboxylic acids is 1. The molecule has 104 valence electrons. The monoisotopic (exact) mass is 262 g/mol. The number of nitrogens with one attached hydrogen (secondary N) is 1. The predicted octanol–water partition coefficient (Wildman–Crippen LogP) is 2.03. The molecule has 0 spiro atoms. The Labute approximate surface area is 114 Å². The number of pyridine rings is 1. The van der Waals surface area contributed by atoms with E-state index in [1.807, 2.05) is 46.0 Å². The molecule has 2 rings (SSSR count). The van der Waals surface area contributed by atoms with E-state index < -0.39 is 5.60 Å². The summed E-state index contributed by atoms with van der Waals surface area (Å²) in [5.41, 5.74) is 1.65. The molecule has 19 heavy (non-hydrogen) atoms. The molecule has 4 heteroatoms. The van der Waals surface area contributed by atoms with Crippen LogP contribution in [0.2, 0.25) is 0 Å². The van der Waals surface area contributed by atoms with Crippen LogP contribution in [-0.2, 0) is 9.53 Å². The van der Waals surface area contributed by atoms with Crippen molar-refractivity contribution in [2.45, 2.75) is 39.2 Å². The Morgan fingerprint density at radius 2 is 2.11 bits per heavy atom. The van der Waals surface area contributed by atoms with Gasteiger partial charge in [-0.25, -0.2) is 0 Å². The maximum absolute atomic E-state index is 12.2. The lowest BCUT2D eigenvalue weighted by Crippen LogP contribution is -2.32. The molecular weight excluding hydrogens is 240 g/mol. The average Bonchev–Trinajstić information content (AvgIpc) is 2.76. The van der Waals surface area contributed by atoms with E-state index in [1.54, 1.807) is 0 Å². The maximum Gasteiger partial charge on any atom is 0.311 e. The fourth-order valence-electron chi connectivity index (χ4n) is 2.31. The fraction of sp³-hybridized carbons (Fsp3) is 0.600. The Morgan fingerprint density at radius 1 is 1.37 bits per heavy atom. The van der Waals surface area contributed by atoms with Crippen LogP contribution in [0, 0.1) is 12.8 Å². The molecule has 0 saturated carbocycles. The fourth-order valence-corrected chi connectivity index (χ4v) is 2.31. The van der Waals surface area contributed by atoms with Crippen LogP contribution in [0.3, 0.4) is 0 Å². The molecule has 1 aliphatic rings. The molecule has 1 N–H and O–H groups in total. The van der Waals surface area contributed by atoms with Gasteiger partial charge in [-0.15, -0.1) is 0 Å². The Kier molecular flexibility index (Phi) is 3.90. The van der Waals surface area contributed by atoms with Crippen molar-refractivity contribution in [3.63, 3.8) is 0 Å². The molecule has 1 aromatic heterocycles. The summed E-state index contributed by atoms with van der Waals surface area (Å²) in [6.07, 6.45) is 1.85. The van der Waals surface area contributed by atoms with Crippen LogP contribution in [0.15, 0.2) is 18.3 Å². The van der Waals surface area contributed by atoms with Crippen molar-refractivity contribution in [3.05, 3.63) is 29.6 Å². The number of carbonyl (C=O) groups is 1. The number of aromatic nitrogens is 1. The number of hydrogen-bond donors (Lipinski definition) is 1. The van der Waals surface area contributed by atoms with Gasteiger partial charge in [0.25, 0.3) is 0 Å². The summed E-state index contributed by atoms with van der Waals surface area (Å²) < 4.78 is 5.49. The Bertz CT molecular complexity index is 448. The summed E-state index contributed by atoms with van der Waals surface area (Å²) in [6, 6.07) is 4.04. The van der Waals surface area contributed by atoms with Gasteiger partial charge in [-0.2, -0.15) is 0 Å². The smallest absolute Gasteiger partial charge is 0.311 e. The highest BCUT2D eigenvalue weighted by atomic mass is 16.6. The van der Waals surface area contributed by atoms with E-state index in [0.717, 1.165) is 17.8 Å². The van der Waals surface area contributed by atoms with Crippen molar-refractivity contribution in [2.24, 2.45) is 5.92 Å². The standard InChI is InChI=1S/C15H22N2O2/c1-10-5-6-13(17-7-10)11-8-16-9-12(11)14(18)19-15(2,3)4/h5-7,11-12,16H,8-9H2,1-4H3. The van der Waals surface area contributed by atoms with Gasteiger partial charge in [0.2, 0.25) is 0 Å². The minimum Gasteiger partial charge on any atom is -0.460 e. The summed E-state index contributed by atoms with van der Waals surface area (Å²) in [6.45, 7) is 9.13. The molecule has 2 atom stereocenters. The van der Waals surface area contributed by atoms with Gasteiger partial charge in [0, 0.05) is 30.9 Å². The number of ether oxygens (including phenoxy) is 1. The molecule has 1 aliphatic heterocycles. The first-order chi connectivity index (χ1) is 8.87. The van der Waals surface area contributed by atoms with Crippen LogP contribution in [0.25, 0.3) is 0 Å². The summed E-state index contributed by atoms with van der Waals surface area (Å²) in [7, 11) is 0. The molecule has 0 aromatic carbocycles. The Hall–Kier alpha value is -1.42. The normalized spacial score (nSPS) is 23.4. The summed E-state index contributed by atoms with van der Waals surface area (Å²) >= 11 is 0. The van der Waals surface area contributed by atoms with Crippen LogP contribution >= 0.6 is 0 Å². The number of rotatable bonds is 2. The SMILES string of the molecule is Cc1ccc(C2CNCC2C(=O)OC(C)(C)C)nc1. The number of hydrogen-bond acceptors (Lipinski definition) is 4. The number of nitrogens with zero attached hydrogens (tertiary/aromatic N) is 1. The van der Waals surface area contributed by atoms with Crippen LogP contribution in [0.4, 0.5) is 0 Å². The second-order valence-corrected chi connectivity index (χ2v) is 6.17. The van der Waals surface area contributed by atoms with Crippen LogP contribution in [0.1, 0.15) is 37.9 Å². The van der Waals surface area contributed by atoms with Crippen molar-refractivity contribution >= 4 is 5.97 Å². The average molecular weight is 262 g/mol. The zero-order valence-electron chi connectivity index (χ0n) is 12.1. The van der Waals surface area contributed by atoms with Crippen LogP contribution in [0.5, 0.6) is 0 Å². The van der Waals surface area contributed by atoms with E-state index in [4.69, 9.17) is 4.74 Å². The molecular formula is C15H22N2O2. The Balaban J connectivity index is 2.12. The molecule has 0 radical (unpaired) electrons. The van der Waals surface area contributed by atoms with Gasteiger partial charge in [-0.05, 0) is 39.3 Å². The Morgan fingerprint density at radius 3 is 2.68 bits per heavy atom. The summed E-state index contributed by atoms with van der Waals surface area (Å²) in [5.74, 6) is -0.172. The molecule has 0 aliphatic carbocycles. The third-order valence-electron chi connectivity index (χ3n) is 3.24.